The first kappa shape index (κ1) is 32.2. The average Bonchev–Trinajstić information content (AvgIpc) is 2.80. The van der Waals surface area contributed by atoms with Crippen LogP contribution in [0.5, 0.6) is 0 Å². The Morgan fingerprint density at radius 3 is 2.08 bits per heavy atom. The van der Waals surface area contributed by atoms with Gasteiger partial charge >= 0.3 is 6.09 Å². The van der Waals surface area contributed by atoms with Crippen molar-refractivity contribution in [1.29, 1.82) is 0 Å². The lowest BCUT2D eigenvalue weighted by atomic mass is 10.0. The minimum atomic E-state index is -4.75. The summed E-state index contributed by atoms with van der Waals surface area (Å²) in [6.45, 7) is 2.79. The molecule has 2 atom stereocenters. The van der Waals surface area contributed by atoms with Gasteiger partial charge < -0.3 is 40.1 Å². The zero-order valence-electron chi connectivity index (χ0n) is 20.7. The van der Waals surface area contributed by atoms with Crippen molar-refractivity contribution in [3.05, 3.63) is 12.2 Å². The van der Waals surface area contributed by atoms with Gasteiger partial charge in [0.05, 0.1) is 52.9 Å². The van der Waals surface area contributed by atoms with Gasteiger partial charge in [-0.25, -0.2) is 4.79 Å². The maximum absolute atomic E-state index is 12.2. The van der Waals surface area contributed by atoms with E-state index in [1.54, 1.807) is 0 Å². The Morgan fingerprint density at radius 2 is 1.47 bits per heavy atom. The number of rotatable bonds is 19. The van der Waals surface area contributed by atoms with E-state index in [9.17, 15) is 22.6 Å². The Bertz CT molecular complexity index is 736. The number of alkyl carbamates (subject to hydrolysis) is 1. The third kappa shape index (κ3) is 16.8. The molecule has 0 saturated carbocycles. The van der Waals surface area contributed by atoms with Crippen molar-refractivity contribution in [3.8, 4) is 0 Å². The molecule has 13 nitrogen and oxygen atoms in total. The number of amides is 2. The van der Waals surface area contributed by atoms with Crippen LogP contribution in [-0.2, 0) is 38.6 Å². The second-order valence-corrected chi connectivity index (χ2v) is 9.52. The number of ether oxygens (including phenoxy) is 5. The topological polar surface area (TPSA) is 185 Å². The first-order chi connectivity index (χ1) is 17.3. The Balaban J connectivity index is 2.16. The smallest absolute Gasteiger partial charge is 0.407 e. The lowest BCUT2D eigenvalue weighted by Crippen LogP contribution is -2.48. The van der Waals surface area contributed by atoms with Crippen molar-refractivity contribution in [3.63, 3.8) is 0 Å². The molecule has 0 fully saturated rings. The maximum atomic E-state index is 12.2. The second kappa shape index (κ2) is 20.3. The van der Waals surface area contributed by atoms with Crippen molar-refractivity contribution in [2.45, 2.75) is 43.5 Å². The molecule has 1 rings (SSSR count). The maximum Gasteiger partial charge on any atom is 0.407 e. The summed E-state index contributed by atoms with van der Waals surface area (Å²) in [5, 5.41) is 2.76. The van der Waals surface area contributed by atoms with Crippen LogP contribution < -0.4 is 16.4 Å². The summed E-state index contributed by atoms with van der Waals surface area (Å²) in [5.41, 5.74) is 5.30. The van der Waals surface area contributed by atoms with Crippen LogP contribution in [0.2, 0.25) is 0 Å². The van der Waals surface area contributed by atoms with E-state index in [0.29, 0.717) is 59.0 Å². The van der Waals surface area contributed by atoms with Crippen LogP contribution in [0.15, 0.2) is 12.2 Å². The van der Waals surface area contributed by atoms with E-state index in [-0.39, 0.29) is 25.9 Å². The molecule has 1 aliphatic rings. The van der Waals surface area contributed by atoms with Gasteiger partial charge in [-0.05, 0) is 32.1 Å². The normalized spacial score (nSPS) is 18.0. The fourth-order valence-corrected chi connectivity index (χ4v) is 3.80. The first-order valence-electron chi connectivity index (χ1n) is 12.2. The highest BCUT2D eigenvalue weighted by Gasteiger charge is 2.31. The monoisotopic (exact) mass is 539 g/mol. The summed E-state index contributed by atoms with van der Waals surface area (Å²) in [5.74, 6) is -0.957. The molecule has 2 unspecified atom stereocenters. The van der Waals surface area contributed by atoms with E-state index in [1.807, 2.05) is 6.08 Å². The number of hydrogen-bond acceptors (Lipinski definition) is 10. The van der Waals surface area contributed by atoms with Gasteiger partial charge in [-0.15, -0.1) is 0 Å². The van der Waals surface area contributed by atoms with Crippen LogP contribution in [0.3, 0.4) is 0 Å². The molecular weight excluding hydrogens is 498 g/mol. The molecule has 0 aromatic carbocycles. The SMILES string of the molecule is NCCOCCOCCOCCOCCNC(=O)C(CNC(=O)OC1CC/C=C/CCC1)S(=O)(=O)O. The van der Waals surface area contributed by atoms with E-state index < -0.39 is 33.9 Å². The Labute approximate surface area is 213 Å². The molecule has 210 valence electrons. The number of carbonyl (C=O) groups is 2. The molecule has 0 spiro atoms. The van der Waals surface area contributed by atoms with Crippen LogP contribution >= 0.6 is 0 Å². The molecule has 0 saturated heterocycles. The fourth-order valence-electron chi connectivity index (χ4n) is 3.15. The lowest BCUT2D eigenvalue weighted by molar-refractivity contribution is -0.120. The highest BCUT2D eigenvalue weighted by molar-refractivity contribution is 7.87. The highest BCUT2D eigenvalue weighted by atomic mass is 32.2. The highest BCUT2D eigenvalue weighted by Crippen LogP contribution is 2.15. The Morgan fingerprint density at radius 1 is 0.889 bits per heavy atom. The summed E-state index contributed by atoms with van der Waals surface area (Å²) < 4.78 is 59.1. The summed E-state index contributed by atoms with van der Waals surface area (Å²) >= 11 is 0. The van der Waals surface area contributed by atoms with Gasteiger partial charge in [0.2, 0.25) is 5.91 Å². The molecule has 0 radical (unpaired) electrons. The molecule has 0 aromatic rings. The van der Waals surface area contributed by atoms with Crippen LogP contribution in [0.25, 0.3) is 0 Å². The summed E-state index contributed by atoms with van der Waals surface area (Å²) in [6, 6.07) is 0. The van der Waals surface area contributed by atoms with Gasteiger partial charge in [-0.1, -0.05) is 12.2 Å². The van der Waals surface area contributed by atoms with Crippen molar-refractivity contribution >= 4 is 22.1 Å². The Hall–Kier alpha value is -1.81. The molecule has 0 aromatic heterocycles. The molecule has 36 heavy (non-hydrogen) atoms. The van der Waals surface area contributed by atoms with Gasteiger partial charge in [0.25, 0.3) is 10.1 Å². The zero-order valence-corrected chi connectivity index (χ0v) is 21.5. The minimum absolute atomic E-state index is 0.0107. The van der Waals surface area contributed by atoms with Crippen LogP contribution in [0.1, 0.15) is 32.1 Å². The second-order valence-electron chi connectivity index (χ2n) is 7.92. The first-order valence-corrected chi connectivity index (χ1v) is 13.7. The third-order valence-electron chi connectivity index (χ3n) is 5.00. The predicted octanol–water partition coefficient (Wildman–Crippen LogP) is -0.000800. The Kier molecular flexibility index (Phi) is 18.1. The van der Waals surface area contributed by atoms with E-state index in [0.717, 1.165) is 19.3 Å². The van der Waals surface area contributed by atoms with Gasteiger partial charge in [0.1, 0.15) is 6.10 Å². The van der Waals surface area contributed by atoms with Crippen molar-refractivity contribution in [1.82, 2.24) is 10.6 Å². The number of nitrogens with two attached hydrogens (primary N) is 1. The van der Waals surface area contributed by atoms with E-state index in [2.05, 4.69) is 16.7 Å². The molecule has 2 amide bonds. The number of carbonyl (C=O) groups excluding carboxylic acids is 2. The largest absolute Gasteiger partial charge is 0.446 e. The lowest BCUT2D eigenvalue weighted by Gasteiger charge is -2.20. The van der Waals surface area contributed by atoms with E-state index in [1.165, 1.54) is 0 Å². The summed E-state index contributed by atoms with van der Waals surface area (Å²) in [6.07, 6.45) is 6.92. The van der Waals surface area contributed by atoms with Gasteiger partial charge in [0, 0.05) is 19.6 Å². The van der Waals surface area contributed by atoms with Crippen LogP contribution in [-0.4, -0.2) is 109 Å². The number of allylic oxidation sites excluding steroid dienone is 2. The number of hydrogen-bond donors (Lipinski definition) is 4. The summed E-state index contributed by atoms with van der Waals surface area (Å²) in [4.78, 5) is 24.3. The fraction of sp³-hybridized carbons (Fsp3) is 0.818. The van der Waals surface area contributed by atoms with Crippen LogP contribution in [0.4, 0.5) is 4.79 Å². The van der Waals surface area contributed by atoms with E-state index in [4.69, 9.17) is 29.4 Å². The van der Waals surface area contributed by atoms with Crippen LogP contribution in [0, 0.1) is 0 Å². The standard InChI is InChI=1S/C22H41N3O10S/c23-8-10-31-12-14-33-16-17-34-15-13-32-11-9-24-21(26)20(36(28,29)30)18-25-22(27)35-19-6-4-2-1-3-5-7-19/h1-2,19-20H,3-18,23H2,(H,24,26)(H,25,27)(H,28,29,30)/b2-1+. The van der Waals surface area contributed by atoms with Crippen molar-refractivity contribution in [2.24, 2.45) is 5.73 Å². The van der Waals surface area contributed by atoms with Crippen molar-refractivity contribution < 1.29 is 46.2 Å². The zero-order chi connectivity index (χ0) is 26.5. The van der Waals surface area contributed by atoms with Gasteiger partial charge in [0.15, 0.2) is 5.25 Å². The summed E-state index contributed by atoms with van der Waals surface area (Å²) in [7, 11) is -4.75. The quantitative estimate of drug-likeness (QED) is 0.0983. The molecule has 0 aliphatic heterocycles. The third-order valence-corrected chi connectivity index (χ3v) is 6.10. The van der Waals surface area contributed by atoms with Gasteiger partial charge in [-0.2, -0.15) is 8.42 Å². The van der Waals surface area contributed by atoms with Gasteiger partial charge in [-0.3, -0.25) is 9.35 Å². The van der Waals surface area contributed by atoms with Crippen molar-refractivity contribution in [2.75, 3.05) is 72.5 Å². The minimum Gasteiger partial charge on any atom is -0.446 e. The molecule has 1 aliphatic carbocycles. The molecule has 0 heterocycles. The van der Waals surface area contributed by atoms with E-state index >= 15 is 0 Å². The number of nitrogens with one attached hydrogen (secondary N) is 2. The molecular formula is C22H41N3O10S. The predicted molar refractivity (Wildman–Crippen MR) is 131 cm³/mol. The molecule has 0 bridgehead atoms. The average molecular weight is 540 g/mol. The molecule has 14 heteroatoms. The molecule has 5 N–H and O–H groups in total.